The molecule has 3 aromatic rings. The van der Waals surface area contributed by atoms with Crippen molar-refractivity contribution in [2.45, 2.75) is 38.3 Å². The molecule has 1 amide bonds. The van der Waals surface area contributed by atoms with E-state index in [9.17, 15) is 14.7 Å². The predicted octanol–water partition coefficient (Wildman–Crippen LogP) is 4.52. The standard InChI is InChI=1S/C24H25N3O4/c1-15(2)27-14-25-12-22(27)21(11-23(28)29)26-24(30)31-13-20-18-9-5-3-7-16(18)17-8-4-6-10-19(17)20/h3-10,12,14-15,20-21H,11,13H2,1-2H3,(H,26,30)(H,28,29)/t21-/m0/s1. The maximum Gasteiger partial charge on any atom is 0.407 e. The second-order valence-electron chi connectivity index (χ2n) is 7.94. The third-order valence-corrected chi connectivity index (χ3v) is 5.62. The van der Waals surface area contributed by atoms with Crippen molar-refractivity contribution in [3.8, 4) is 11.1 Å². The van der Waals surface area contributed by atoms with Crippen LogP contribution in [0.4, 0.5) is 4.79 Å². The number of nitrogens with zero attached hydrogens (tertiary/aromatic N) is 2. The van der Waals surface area contributed by atoms with E-state index in [4.69, 9.17) is 4.74 Å². The molecule has 1 aromatic heterocycles. The molecule has 0 bridgehead atoms. The number of alkyl carbamates (subject to hydrolysis) is 1. The first kappa shape index (κ1) is 20.7. The van der Waals surface area contributed by atoms with Crippen molar-refractivity contribution in [1.82, 2.24) is 14.9 Å². The molecule has 0 saturated heterocycles. The number of carbonyl (C=O) groups is 2. The zero-order valence-electron chi connectivity index (χ0n) is 17.5. The van der Waals surface area contributed by atoms with Gasteiger partial charge in [-0.15, -0.1) is 0 Å². The Labute approximate surface area is 180 Å². The molecular weight excluding hydrogens is 394 g/mol. The number of nitrogens with one attached hydrogen (secondary N) is 1. The average molecular weight is 419 g/mol. The number of benzene rings is 2. The summed E-state index contributed by atoms with van der Waals surface area (Å²) in [6.07, 6.45) is 2.30. The van der Waals surface area contributed by atoms with Gasteiger partial charge < -0.3 is 19.7 Å². The molecule has 1 atom stereocenters. The molecule has 0 spiro atoms. The van der Waals surface area contributed by atoms with Crippen LogP contribution in [0.2, 0.25) is 0 Å². The molecule has 1 aliphatic carbocycles. The maximum absolute atomic E-state index is 12.6. The quantitative estimate of drug-likeness (QED) is 0.587. The lowest BCUT2D eigenvalue weighted by molar-refractivity contribution is -0.137. The van der Waals surface area contributed by atoms with Crippen LogP contribution in [-0.4, -0.2) is 33.3 Å². The number of amides is 1. The summed E-state index contributed by atoms with van der Waals surface area (Å²) < 4.78 is 7.42. The SMILES string of the molecule is CC(C)n1cncc1[C@H](CC(=O)O)NC(=O)OCC1c2ccccc2-c2ccccc21. The van der Waals surface area contributed by atoms with Gasteiger partial charge in [0.15, 0.2) is 0 Å². The first-order valence-corrected chi connectivity index (χ1v) is 10.3. The molecule has 160 valence electrons. The van der Waals surface area contributed by atoms with Crippen molar-refractivity contribution in [3.05, 3.63) is 77.9 Å². The maximum atomic E-state index is 12.6. The van der Waals surface area contributed by atoms with Crippen LogP contribution < -0.4 is 5.32 Å². The first-order valence-electron chi connectivity index (χ1n) is 10.3. The summed E-state index contributed by atoms with van der Waals surface area (Å²) in [5, 5.41) is 12.0. The highest BCUT2D eigenvalue weighted by molar-refractivity contribution is 5.79. The van der Waals surface area contributed by atoms with E-state index in [0.717, 1.165) is 22.3 Å². The van der Waals surface area contributed by atoms with E-state index in [1.807, 2.05) is 42.7 Å². The normalized spacial score (nSPS) is 13.5. The third kappa shape index (κ3) is 4.17. The molecule has 1 heterocycles. The second-order valence-corrected chi connectivity index (χ2v) is 7.94. The van der Waals surface area contributed by atoms with Gasteiger partial charge in [0.2, 0.25) is 0 Å². The highest BCUT2D eigenvalue weighted by Gasteiger charge is 2.30. The largest absolute Gasteiger partial charge is 0.481 e. The molecular formula is C24H25N3O4. The Hall–Kier alpha value is -3.61. The number of hydrogen-bond donors (Lipinski definition) is 2. The molecule has 0 aliphatic heterocycles. The Morgan fingerprint density at radius 1 is 1.10 bits per heavy atom. The van der Waals surface area contributed by atoms with Gasteiger partial charge in [-0.1, -0.05) is 48.5 Å². The van der Waals surface area contributed by atoms with Crippen molar-refractivity contribution in [2.75, 3.05) is 6.61 Å². The smallest absolute Gasteiger partial charge is 0.407 e. The number of aliphatic carboxylic acids is 1. The lowest BCUT2D eigenvalue weighted by Crippen LogP contribution is -2.33. The minimum Gasteiger partial charge on any atom is -0.481 e. The molecule has 2 N–H and O–H groups in total. The van der Waals surface area contributed by atoms with E-state index in [-0.39, 0.29) is 25.0 Å². The Morgan fingerprint density at radius 3 is 2.29 bits per heavy atom. The first-order chi connectivity index (χ1) is 15.0. The number of hydrogen-bond acceptors (Lipinski definition) is 4. The molecule has 4 rings (SSSR count). The summed E-state index contributed by atoms with van der Waals surface area (Å²) in [6.45, 7) is 4.11. The molecule has 0 unspecified atom stereocenters. The zero-order valence-corrected chi connectivity index (χ0v) is 17.5. The van der Waals surface area contributed by atoms with Gasteiger partial charge in [-0.25, -0.2) is 9.78 Å². The molecule has 2 aromatic carbocycles. The molecule has 7 heteroatoms. The van der Waals surface area contributed by atoms with Crippen molar-refractivity contribution in [1.29, 1.82) is 0 Å². The van der Waals surface area contributed by atoms with Gasteiger partial charge in [0, 0.05) is 12.0 Å². The van der Waals surface area contributed by atoms with Gasteiger partial charge in [-0.2, -0.15) is 0 Å². The van der Waals surface area contributed by atoms with Gasteiger partial charge in [-0.3, -0.25) is 4.79 Å². The number of carbonyl (C=O) groups excluding carboxylic acids is 1. The zero-order chi connectivity index (χ0) is 22.0. The van der Waals surface area contributed by atoms with Crippen LogP contribution >= 0.6 is 0 Å². The molecule has 31 heavy (non-hydrogen) atoms. The van der Waals surface area contributed by atoms with E-state index in [1.54, 1.807) is 12.5 Å². The summed E-state index contributed by atoms with van der Waals surface area (Å²) in [4.78, 5) is 28.1. The molecule has 0 saturated carbocycles. The van der Waals surface area contributed by atoms with Crippen molar-refractivity contribution < 1.29 is 19.4 Å². The third-order valence-electron chi connectivity index (χ3n) is 5.62. The van der Waals surface area contributed by atoms with Crippen LogP contribution in [-0.2, 0) is 9.53 Å². The Morgan fingerprint density at radius 2 is 1.71 bits per heavy atom. The fourth-order valence-electron chi connectivity index (χ4n) is 4.20. The Kier molecular flexibility index (Phi) is 5.75. The van der Waals surface area contributed by atoms with E-state index in [2.05, 4.69) is 34.6 Å². The van der Waals surface area contributed by atoms with Crippen LogP contribution in [0.25, 0.3) is 11.1 Å². The second kappa shape index (κ2) is 8.63. The summed E-state index contributed by atoms with van der Waals surface area (Å²) in [5.41, 5.74) is 5.17. The van der Waals surface area contributed by atoms with E-state index < -0.39 is 18.1 Å². The predicted molar refractivity (Wildman–Crippen MR) is 116 cm³/mol. The topological polar surface area (TPSA) is 93.5 Å². The number of carboxylic acids is 1. The molecule has 1 aliphatic rings. The fourth-order valence-corrected chi connectivity index (χ4v) is 4.20. The minimum atomic E-state index is -1.01. The van der Waals surface area contributed by atoms with Crippen molar-refractivity contribution in [3.63, 3.8) is 0 Å². The van der Waals surface area contributed by atoms with Crippen molar-refractivity contribution >= 4 is 12.1 Å². The van der Waals surface area contributed by atoms with Crippen LogP contribution in [0, 0.1) is 0 Å². The highest BCUT2D eigenvalue weighted by Crippen LogP contribution is 2.44. The fraction of sp³-hybridized carbons (Fsp3) is 0.292. The monoisotopic (exact) mass is 419 g/mol. The Balaban J connectivity index is 1.49. The number of carboxylic acid groups (broad SMARTS) is 1. The van der Waals surface area contributed by atoms with Gasteiger partial charge in [0.1, 0.15) is 6.61 Å². The van der Waals surface area contributed by atoms with Crippen LogP contribution in [0.5, 0.6) is 0 Å². The molecule has 0 radical (unpaired) electrons. The summed E-state index contributed by atoms with van der Waals surface area (Å²) >= 11 is 0. The van der Waals surface area contributed by atoms with E-state index >= 15 is 0 Å². The number of imidazole rings is 1. The summed E-state index contributed by atoms with van der Waals surface area (Å²) in [6, 6.07) is 15.6. The number of fused-ring (bicyclic) bond motifs is 3. The van der Waals surface area contributed by atoms with Gasteiger partial charge >= 0.3 is 12.1 Å². The minimum absolute atomic E-state index is 0.0581. The average Bonchev–Trinajstić information content (AvgIpc) is 3.35. The van der Waals surface area contributed by atoms with Crippen LogP contribution in [0.1, 0.15) is 55.1 Å². The number of rotatable bonds is 7. The molecule has 7 nitrogen and oxygen atoms in total. The van der Waals surface area contributed by atoms with Gasteiger partial charge in [0.25, 0.3) is 0 Å². The van der Waals surface area contributed by atoms with Crippen molar-refractivity contribution in [2.24, 2.45) is 0 Å². The summed E-state index contributed by atoms with van der Waals surface area (Å²) in [5.74, 6) is -1.07. The van der Waals surface area contributed by atoms with Gasteiger partial charge in [0.05, 0.1) is 30.7 Å². The van der Waals surface area contributed by atoms with Crippen LogP contribution in [0.3, 0.4) is 0 Å². The van der Waals surface area contributed by atoms with Gasteiger partial charge in [-0.05, 0) is 36.1 Å². The lowest BCUT2D eigenvalue weighted by Gasteiger charge is -2.21. The summed E-state index contributed by atoms with van der Waals surface area (Å²) in [7, 11) is 0. The molecule has 0 fully saturated rings. The number of ether oxygens (including phenoxy) is 1. The highest BCUT2D eigenvalue weighted by atomic mass is 16.5. The van der Waals surface area contributed by atoms with E-state index in [0.29, 0.717) is 5.69 Å². The lowest BCUT2D eigenvalue weighted by atomic mass is 9.98. The number of aromatic nitrogens is 2. The Bertz CT molecular complexity index is 1060. The van der Waals surface area contributed by atoms with E-state index in [1.165, 1.54) is 0 Å². The van der Waals surface area contributed by atoms with Crippen LogP contribution in [0.15, 0.2) is 61.1 Å².